The number of nitrogens with zero attached hydrogens (tertiary/aromatic N) is 3. The molecule has 0 saturated heterocycles. The average Bonchev–Trinajstić information content (AvgIpc) is 2.70. The molecule has 1 amide bonds. The Morgan fingerprint density at radius 3 is 2.38 bits per heavy atom. The summed E-state index contributed by atoms with van der Waals surface area (Å²) in [7, 11) is 3.95. The Hall–Kier alpha value is -2.83. The predicted octanol–water partition coefficient (Wildman–Crippen LogP) is 3.40. The summed E-state index contributed by atoms with van der Waals surface area (Å²) in [5, 5.41) is 6.70. The molecule has 3 rings (SSSR count). The maximum absolute atomic E-state index is 12.5. The number of anilines is 2. The molecular formula is C22H31N5O2. The molecule has 0 aliphatic heterocycles. The Balaban J connectivity index is 1.49. The van der Waals surface area contributed by atoms with Gasteiger partial charge < -0.3 is 20.3 Å². The van der Waals surface area contributed by atoms with Gasteiger partial charge in [-0.1, -0.05) is 0 Å². The zero-order chi connectivity index (χ0) is 20.8. The molecule has 0 atom stereocenters. The largest absolute Gasteiger partial charge is 0.494 e. The smallest absolute Gasteiger partial charge is 0.251 e. The summed E-state index contributed by atoms with van der Waals surface area (Å²) in [6, 6.07) is 9.85. The summed E-state index contributed by atoms with van der Waals surface area (Å²) in [5.74, 6) is 3.29. The maximum atomic E-state index is 12.5. The van der Waals surface area contributed by atoms with Crippen molar-refractivity contribution in [3.8, 4) is 5.75 Å². The molecule has 156 valence electrons. The van der Waals surface area contributed by atoms with E-state index >= 15 is 0 Å². The third-order valence-electron chi connectivity index (χ3n) is 5.12. The lowest BCUT2D eigenvalue weighted by Gasteiger charge is -2.30. The van der Waals surface area contributed by atoms with E-state index in [2.05, 4.69) is 20.6 Å². The number of aryl methyl sites for hydroxylation is 1. The minimum absolute atomic E-state index is 0.0218. The van der Waals surface area contributed by atoms with Gasteiger partial charge in [-0.15, -0.1) is 0 Å². The van der Waals surface area contributed by atoms with Gasteiger partial charge in [0.05, 0.1) is 6.61 Å². The van der Waals surface area contributed by atoms with E-state index in [9.17, 15) is 4.79 Å². The zero-order valence-electron chi connectivity index (χ0n) is 17.7. The fourth-order valence-electron chi connectivity index (χ4n) is 3.58. The van der Waals surface area contributed by atoms with Crippen LogP contribution in [0.1, 0.15) is 48.8 Å². The van der Waals surface area contributed by atoms with E-state index in [0.717, 1.165) is 48.9 Å². The molecule has 0 unspecified atom stereocenters. The third-order valence-corrected chi connectivity index (χ3v) is 5.12. The number of carbonyl (C=O) groups is 1. The Bertz CT molecular complexity index is 814. The molecule has 0 bridgehead atoms. The van der Waals surface area contributed by atoms with E-state index in [1.165, 1.54) is 0 Å². The van der Waals surface area contributed by atoms with E-state index in [1.807, 2.05) is 63.2 Å². The molecule has 1 aliphatic carbocycles. The van der Waals surface area contributed by atoms with E-state index in [1.54, 1.807) is 0 Å². The van der Waals surface area contributed by atoms with Crippen molar-refractivity contribution in [1.82, 2.24) is 15.3 Å². The second kappa shape index (κ2) is 9.58. The van der Waals surface area contributed by atoms with Crippen molar-refractivity contribution in [3.63, 3.8) is 0 Å². The molecular weight excluding hydrogens is 366 g/mol. The Morgan fingerprint density at radius 1 is 1.10 bits per heavy atom. The molecule has 29 heavy (non-hydrogen) atoms. The van der Waals surface area contributed by atoms with Crippen molar-refractivity contribution in [2.24, 2.45) is 0 Å². The van der Waals surface area contributed by atoms with Crippen molar-refractivity contribution >= 4 is 17.5 Å². The topological polar surface area (TPSA) is 79.4 Å². The maximum Gasteiger partial charge on any atom is 0.251 e. The zero-order valence-corrected chi connectivity index (χ0v) is 17.7. The molecule has 1 saturated carbocycles. The summed E-state index contributed by atoms with van der Waals surface area (Å²) >= 11 is 0. The molecule has 7 heteroatoms. The number of hydrogen-bond donors (Lipinski definition) is 2. The van der Waals surface area contributed by atoms with Crippen LogP contribution in [0.25, 0.3) is 0 Å². The number of carbonyl (C=O) groups excluding carboxylic acids is 1. The van der Waals surface area contributed by atoms with Crippen molar-refractivity contribution in [1.29, 1.82) is 0 Å². The highest BCUT2D eigenvalue weighted by molar-refractivity contribution is 5.94. The van der Waals surface area contributed by atoms with Crippen LogP contribution in [0.3, 0.4) is 0 Å². The van der Waals surface area contributed by atoms with Gasteiger partial charge in [-0.3, -0.25) is 4.79 Å². The predicted molar refractivity (Wildman–Crippen MR) is 116 cm³/mol. The molecule has 2 N–H and O–H groups in total. The van der Waals surface area contributed by atoms with Gasteiger partial charge >= 0.3 is 0 Å². The second-order valence-corrected chi connectivity index (χ2v) is 7.68. The van der Waals surface area contributed by atoms with Gasteiger partial charge in [0.15, 0.2) is 0 Å². The lowest BCUT2D eigenvalue weighted by Crippen LogP contribution is -2.40. The van der Waals surface area contributed by atoms with Crippen LogP contribution in [0.15, 0.2) is 30.3 Å². The van der Waals surface area contributed by atoms with Crippen molar-refractivity contribution in [3.05, 3.63) is 41.7 Å². The molecule has 1 heterocycles. The van der Waals surface area contributed by atoms with Gasteiger partial charge in [-0.05, 0) is 63.8 Å². The highest BCUT2D eigenvalue weighted by atomic mass is 16.5. The van der Waals surface area contributed by atoms with Gasteiger partial charge in [0.2, 0.25) is 0 Å². The van der Waals surface area contributed by atoms with Crippen molar-refractivity contribution in [2.45, 2.75) is 51.6 Å². The summed E-state index contributed by atoms with van der Waals surface area (Å²) in [6.07, 6.45) is 3.89. The van der Waals surface area contributed by atoms with Crippen LogP contribution in [0.5, 0.6) is 5.75 Å². The molecule has 7 nitrogen and oxygen atoms in total. The molecule has 2 aromatic rings. The van der Waals surface area contributed by atoms with Crippen LogP contribution in [0.2, 0.25) is 0 Å². The van der Waals surface area contributed by atoms with Gasteiger partial charge in [-0.2, -0.15) is 0 Å². The molecule has 0 spiro atoms. The normalized spacial score (nSPS) is 18.8. The molecule has 1 fully saturated rings. The number of nitrogens with one attached hydrogen (secondary N) is 2. The van der Waals surface area contributed by atoms with Crippen LogP contribution in [0, 0.1) is 6.92 Å². The SMILES string of the molecule is CCOc1ccc(C(=O)NC2CCC(Nc3cc(N(C)C)nc(C)n3)CC2)cc1. The summed E-state index contributed by atoms with van der Waals surface area (Å²) < 4.78 is 5.43. The Kier molecular flexibility index (Phi) is 6.90. The van der Waals surface area contributed by atoms with Crippen molar-refractivity contribution in [2.75, 3.05) is 30.9 Å². The number of ether oxygens (including phenoxy) is 1. The molecule has 1 aromatic carbocycles. The van der Waals surface area contributed by atoms with Crippen molar-refractivity contribution < 1.29 is 9.53 Å². The van der Waals surface area contributed by atoms with Gasteiger partial charge in [0, 0.05) is 37.8 Å². The number of aromatic nitrogens is 2. The van der Waals surface area contributed by atoms with E-state index in [-0.39, 0.29) is 11.9 Å². The minimum Gasteiger partial charge on any atom is -0.494 e. The molecule has 1 aromatic heterocycles. The van der Waals surface area contributed by atoms with Crippen LogP contribution < -0.4 is 20.3 Å². The van der Waals surface area contributed by atoms with Crippen LogP contribution in [0.4, 0.5) is 11.6 Å². The number of rotatable bonds is 7. The number of hydrogen-bond acceptors (Lipinski definition) is 6. The summed E-state index contributed by atoms with van der Waals surface area (Å²) in [4.78, 5) is 23.4. The number of benzene rings is 1. The first-order chi connectivity index (χ1) is 13.9. The standard InChI is InChI=1S/C22H31N5O2/c1-5-29-19-12-6-16(7-13-19)22(28)26-18-10-8-17(9-11-18)25-20-14-21(27(3)4)24-15(2)23-20/h6-7,12-14,17-18H,5,8-11H2,1-4H3,(H,26,28)(H,23,24,25). The Labute approximate surface area is 172 Å². The fourth-order valence-corrected chi connectivity index (χ4v) is 3.58. The van der Waals surface area contributed by atoms with Gasteiger partial charge in [0.25, 0.3) is 5.91 Å². The fraction of sp³-hybridized carbons (Fsp3) is 0.500. The second-order valence-electron chi connectivity index (χ2n) is 7.68. The monoisotopic (exact) mass is 397 g/mol. The minimum atomic E-state index is -0.0218. The van der Waals surface area contributed by atoms with Crippen LogP contribution in [-0.2, 0) is 0 Å². The summed E-state index contributed by atoms with van der Waals surface area (Å²) in [6.45, 7) is 4.47. The lowest BCUT2D eigenvalue weighted by atomic mass is 9.91. The van der Waals surface area contributed by atoms with Crippen LogP contribution >= 0.6 is 0 Å². The third kappa shape index (κ3) is 5.82. The molecule has 0 radical (unpaired) electrons. The van der Waals surface area contributed by atoms with Gasteiger partial charge in [-0.25, -0.2) is 9.97 Å². The van der Waals surface area contributed by atoms with E-state index in [4.69, 9.17) is 4.74 Å². The van der Waals surface area contributed by atoms with E-state index in [0.29, 0.717) is 18.2 Å². The lowest BCUT2D eigenvalue weighted by molar-refractivity contribution is 0.0926. The summed E-state index contributed by atoms with van der Waals surface area (Å²) in [5.41, 5.74) is 0.668. The number of amides is 1. The first-order valence-corrected chi connectivity index (χ1v) is 10.3. The van der Waals surface area contributed by atoms with Gasteiger partial charge in [0.1, 0.15) is 23.2 Å². The van der Waals surface area contributed by atoms with E-state index < -0.39 is 0 Å². The quantitative estimate of drug-likeness (QED) is 0.745. The Morgan fingerprint density at radius 2 is 1.76 bits per heavy atom. The highest BCUT2D eigenvalue weighted by Crippen LogP contribution is 2.23. The first kappa shape index (κ1) is 20.9. The first-order valence-electron chi connectivity index (χ1n) is 10.3. The van der Waals surface area contributed by atoms with Crippen LogP contribution in [-0.4, -0.2) is 48.7 Å². The highest BCUT2D eigenvalue weighted by Gasteiger charge is 2.23. The average molecular weight is 398 g/mol. The molecule has 1 aliphatic rings.